The Hall–Kier alpha value is -3.13. The molecule has 2 aromatic heterocycles. The molecule has 2 heterocycles. The van der Waals surface area contributed by atoms with Crippen LogP contribution < -0.4 is 15.4 Å². The molecular weight excluding hydrogens is 425 g/mol. The van der Waals surface area contributed by atoms with E-state index in [2.05, 4.69) is 15.6 Å². The molecule has 2 N–H and O–H groups in total. The molecule has 2 amide bonds. The summed E-state index contributed by atoms with van der Waals surface area (Å²) in [6, 6.07) is 7.53. The average Bonchev–Trinajstić information content (AvgIpc) is 3.20. The van der Waals surface area contributed by atoms with Gasteiger partial charge in [0, 0.05) is 29.7 Å². The number of nitrogens with zero attached hydrogens (tertiary/aromatic N) is 1. The molecule has 1 fully saturated rings. The van der Waals surface area contributed by atoms with Crippen LogP contribution in [-0.2, 0) is 4.79 Å². The number of halogens is 2. The molecule has 1 aliphatic rings. The van der Waals surface area contributed by atoms with Crippen molar-refractivity contribution in [1.29, 1.82) is 0 Å². The minimum absolute atomic E-state index is 0.00187. The number of aromatic nitrogens is 1. The van der Waals surface area contributed by atoms with Crippen LogP contribution >= 0.6 is 11.6 Å². The van der Waals surface area contributed by atoms with E-state index in [0.29, 0.717) is 5.58 Å². The first-order valence-electron chi connectivity index (χ1n) is 9.99. The maximum atomic E-state index is 13.4. The largest absolute Gasteiger partial charge is 0.484 e. The van der Waals surface area contributed by atoms with Gasteiger partial charge < -0.3 is 19.8 Å². The first-order chi connectivity index (χ1) is 15.0. The van der Waals surface area contributed by atoms with E-state index in [1.165, 1.54) is 12.1 Å². The van der Waals surface area contributed by atoms with E-state index in [9.17, 15) is 14.0 Å². The van der Waals surface area contributed by atoms with Crippen LogP contribution in [0.5, 0.6) is 5.75 Å². The molecule has 0 spiro atoms. The van der Waals surface area contributed by atoms with Crippen molar-refractivity contribution in [2.45, 2.75) is 37.8 Å². The summed E-state index contributed by atoms with van der Waals surface area (Å²) in [6.45, 7) is -0.210. The van der Waals surface area contributed by atoms with Crippen molar-refractivity contribution in [2.24, 2.45) is 0 Å². The number of amides is 2. The highest BCUT2D eigenvalue weighted by atomic mass is 35.5. The summed E-state index contributed by atoms with van der Waals surface area (Å²) in [4.78, 5) is 28.6. The summed E-state index contributed by atoms with van der Waals surface area (Å²) in [5.74, 6) is -0.635. The Bertz CT molecular complexity index is 1060. The number of pyridine rings is 1. The summed E-state index contributed by atoms with van der Waals surface area (Å²) in [5.41, 5.74) is 0.572. The van der Waals surface area contributed by atoms with Crippen LogP contribution in [0, 0.1) is 5.82 Å². The summed E-state index contributed by atoms with van der Waals surface area (Å²) >= 11 is 5.62. The lowest BCUT2D eigenvalue weighted by atomic mass is 9.91. The fourth-order valence-electron chi connectivity index (χ4n) is 3.62. The highest BCUT2D eigenvalue weighted by Gasteiger charge is 2.25. The van der Waals surface area contributed by atoms with Crippen molar-refractivity contribution in [1.82, 2.24) is 15.6 Å². The monoisotopic (exact) mass is 445 g/mol. The molecule has 0 radical (unpaired) electrons. The van der Waals surface area contributed by atoms with Crippen LogP contribution in [0.3, 0.4) is 0 Å². The van der Waals surface area contributed by atoms with Gasteiger partial charge in [-0.3, -0.25) is 14.6 Å². The average molecular weight is 446 g/mol. The predicted octanol–water partition coefficient (Wildman–Crippen LogP) is 3.86. The van der Waals surface area contributed by atoms with Gasteiger partial charge in [-0.05, 0) is 49.9 Å². The van der Waals surface area contributed by atoms with Crippen molar-refractivity contribution in [2.75, 3.05) is 6.61 Å². The Morgan fingerprint density at radius 3 is 2.58 bits per heavy atom. The van der Waals surface area contributed by atoms with Gasteiger partial charge in [0.25, 0.3) is 11.8 Å². The Morgan fingerprint density at radius 2 is 1.87 bits per heavy atom. The number of nitrogens with one attached hydrogen (secondary N) is 2. The minimum atomic E-state index is -0.598. The predicted molar refractivity (Wildman–Crippen MR) is 113 cm³/mol. The topological polar surface area (TPSA) is 93.5 Å². The molecule has 0 bridgehead atoms. The molecule has 31 heavy (non-hydrogen) atoms. The number of ether oxygens (including phenoxy) is 1. The molecule has 4 rings (SSSR count). The zero-order valence-corrected chi connectivity index (χ0v) is 17.3. The fourth-order valence-corrected chi connectivity index (χ4v) is 3.74. The van der Waals surface area contributed by atoms with E-state index in [1.807, 2.05) is 0 Å². The second-order valence-corrected chi connectivity index (χ2v) is 7.89. The van der Waals surface area contributed by atoms with E-state index in [0.717, 1.165) is 37.1 Å². The molecule has 7 nitrogen and oxygen atoms in total. The van der Waals surface area contributed by atoms with Crippen molar-refractivity contribution in [3.63, 3.8) is 0 Å². The molecule has 162 valence electrons. The van der Waals surface area contributed by atoms with E-state index >= 15 is 0 Å². The lowest BCUT2D eigenvalue weighted by Crippen LogP contribution is -2.44. The number of carbonyl (C=O) groups excluding carboxylic acids is 2. The third-order valence-electron chi connectivity index (χ3n) is 5.24. The molecule has 1 saturated carbocycles. The minimum Gasteiger partial charge on any atom is -0.484 e. The zero-order chi connectivity index (χ0) is 21.8. The van der Waals surface area contributed by atoms with Crippen molar-refractivity contribution in [3.8, 4) is 5.75 Å². The Balaban J connectivity index is 1.20. The first-order valence-corrected chi connectivity index (χ1v) is 10.4. The smallest absolute Gasteiger partial charge is 0.287 e. The number of rotatable bonds is 6. The highest BCUT2D eigenvalue weighted by molar-refractivity contribution is 6.30. The van der Waals surface area contributed by atoms with Crippen LogP contribution in [0.2, 0.25) is 5.02 Å². The number of hydrogen-bond acceptors (Lipinski definition) is 5. The molecule has 9 heteroatoms. The van der Waals surface area contributed by atoms with E-state index in [1.54, 1.807) is 24.5 Å². The second kappa shape index (κ2) is 9.34. The van der Waals surface area contributed by atoms with Gasteiger partial charge in [-0.2, -0.15) is 0 Å². The van der Waals surface area contributed by atoms with Gasteiger partial charge in [0.05, 0.1) is 11.2 Å². The first kappa shape index (κ1) is 21.1. The molecule has 3 aromatic rings. The molecule has 1 aromatic carbocycles. The van der Waals surface area contributed by atoms with Crippen LogP contribution in [0.15, 0.2) is 47.1 Å². The van der Waals surface area contributed by atoms with Gasteiger partial charge >= 0.3 is 0 Å². The summed E-state index contributed by atoms with van der Waals surface area (Å²) in [7, 11) is 0. The standard InChI is InChI=1S/C22H21ClFN3O4/c23-17-6-5-16(10-18(17)24)30-12-21(28)26-14-1-3-15(4-2-14)27-22(29)19-9-13-7-8-25-11-20(13)31-19/h5-11,14-15H,1-4,12H2,(H,26,28)(H,27,29)/t14-,15-. The SMILES string of the molecule is O=C(COc1ccc(Cl)c(F)c1)N[C@H]1CC[C@H](NC(=O)c2cc3ccncc3o2)CC1. The van der Waals surface area contributed by atoms with Crippen molar-refractivity contribution in [3.05, 3.63) is 59.3 Å². The Kier molecular flexibility index (Phi) is 6.36. The zero-order valence-electron chi connectivity index (χ0n) is 16.6. The Morgan fingerprint density at radius 1 is 1.13 bits per heavy atom. The van der Waals surface area contributed by atoms with E-state index < -0.39 is 5.82 Å². The summed E-state index contributed by atoms with van der Waals surface area (Å²) in [5, 5.41) is 6.73. The van der Waals surface area contributed by atoms with Crippen LogP contribution in [0.4, 0.5) is 4.39 Å². The summed E-state index contributed by atoms with van der Waals surface area (Å²) in [6.07, 6.45) is 6.16. The number of benzene rings is 1. The molecule has 0 unspecified atom stereocenters. The Labute approximate surface area is 182 Å². The number of carbonyl (C=O) groups is 2. The van der Waals surface area contributed by atoms with Gasteiger partial charge in [0.2, 0.25) is 0 Å². The van der Waals surface area contributed by atoms with Gasteiger partial charge in [0.1, 0.15) is 11.6 Å². The molecule has 0 atom stereocenters. The maximum Gasteiger partial charge on any atom is 0.287 e. The molecule has 1 aliphatic carbocycles. The van der Waals surface area contributed by atoms with E-state index in [4.69, 9.17) is 20.8 Å². The molecular formula is C22H21ClFN3O4. The summed E-state index contributed by atoms with van der Waals surface area (Å²) < 4.78 is 24.3. The fraction of sp³-hybridized carbons (Fsp3) is 0.318. The normalized spacial score (nSPS) is 18.5. The number of furan rings is 1. The van der Waals surface area contributed by atoms with Crippen molar-refractivity contribution < 1.29 is 23.1 Å². The molecule has 0 saturated heterocycles. The number of fused-ring (bicyclic) bond motifs is 1. The van der Waals surface area contributed by atoms with Crippen LogP contribution in [0.25, 0.3) is 11.0 Å². The third-order valence-corrected chi connectivity index (χ3v) is 5.54. The van der Waals surface area contributed by atoms with E-state index in [-0.39, 0.29) is 47.0 Å². The van der Waals surface area contributed by atoms with Gasteiger partial charge in [0.15, 0.2) is 18.0 Å². The quantitative estimate of drug-likeness (QED) is 0.601. The number of hydrogen-bond donors (Lipinski definition) is 2. The van der Waals surface area contributed by atoms with Crippen LogP contribution in [-0.4, -0.2) is 35.5 Å². The third kappa shape index (κ3) is 5.32. The molecule has 0 aliphatic heterocycles. The van der Waals surface area contributed by atoms with Crippen LogP contribution in [0.1, 0.15) is 36.2 Å². The van der Waals surface area contributed by atoms with Gasteiger partial charge in [-0.25, -0.2) is 4.39 Å². The van der Waals surface area contributed by atoms with Gasteiger partial charge in [-0.1, -0.05) is 11.6 Å². The lowest BCUT2D eigenvalue weighted by molar-refractivity contribution is -0.124. The highest BCUT2D eigenvalue weighted by Crippen LogP contribution is 2.22. The van der Waals surface area contributed by atoms with Crippen molar-refractivity contribution >= 4 is 34.4 Å². The maximum absolute atomic E-state index is 13.4. The lowest BCUT2D eigenvalue weighted by Gasteiger charge is -2.29. The second-order valence-electron chi connectivity index (χ2n) is 7.48. The van der Waals surface area contributed by atoms with Gasteiger partial charge in [-0.15, -0.1) is 0 Å².